The van der Waals surface area contributed by atoms with Crippen LogP contribution >= 0.6 is 24.0 Å². The third-order valence-electron chi connectivity index (χ3n) is 4.93. The van der Waals surface area contributed by atoms with E-state index in [-0.39, 0.29) is 35.7 Å². The van der Waals surface area contributed by atoms with Crippen molar-refractivity contribution in [1.82, 2.24) is 15.1 Å². The second kappa shape index (κ2) is 11.1. The zero-order valence-corrected chi connectivity index (χ0v) is 19.2. The third kappa shape index (κ3) is 6.42. The zero-order chi connectivity index (χ0) is 19.9. The third-order valence-corrected chi connectivity index (χ3v) is 4.93. The summed E-state index contributed by atoms with van der Waals surface area (Å²) in [6.45, 7) is 2.63. The van der Waals surface area contributed by atoms with Crippen LogP contribution in [0, 0.1) is 5.82 Å². The largest absolute Gasteiger partial charge is 0.356 e. The van der Waals surface area contributed by atoms with Crippen molar-refractivity contribution in [2.45, 2.75) is 32.5 Å². The molecule has 3 rings (SSSR count). The van der Waals surface area contributed by atoms with Crippen LogP contribution < -0.4 is 5.32 Å². The molecule has 5 nitrogen and oxygen atoms in total. The minimum Gasteiger partial charge on any atom is -0.356 e. The Morgan fingerprint density at radius 1 is 1.17 bits per heavy atom. The van der Waals surface area contributed by atoms with E-state index >= 15 is 0 Å². The molecule has 0 unspecified atom stereocenters. The van der Waals surface area contributed by atoms with E-state index in [0.29, 0.717) is 32.6 Å². The highest BCUT2D eigenvalue weighted by Crippen LogP contribution is 2.22. The number of amides is 1. The van der Waals surface area contributed by atoms with E-state index in [1.165, 1.54) is 23.3 Å². The number of hydrogen-bond donors (Lipinski definition) is 1. The molecule has 2 aromatic carbocycles. The predicted molar refractivity (Wildman–Crippen MR) is 125 cm³/mol. The summed E-state index contributed by atoms with van der Waals surface area (Å²) in [6, 6.07) is 14.8. The number of carbonyl (C=O) groups is 1. The van der Waals surface area contributed by atoms with Gasteiger partial charge in [0.1, 0.15) is 5.82 Å². The average molecular weight is 510 g/mol. The first kappa shape index (κ1) is 23.1. The lowest BCUT2D eigenvalue weighted by Crippen LogP contribution is -2.39. The molecule has 1 aliphatic heterocycles. The van der Waals surface area contributed by atoms with Crippen molar-refractivity contribution in [3.05, 3.63) is 71.0 Å². The lowest BCUT2D eigenvalue weighted by Gasteiger charge is -2.22. The normalized spacial score (nSPS) is 12.9. The van der Waals surface area contributed by atoms with E-state index in [1.807, 2.05) is 35.0 Å². The summed E-state index contributed by atoms with van der Waals surface area (Å²) in [7, 11) is 3.63. The van der Waals surface area contributed by atoms with E-state index in [2.05, 4.69) is 22.4 Å². The molecule has 1 aliphatic rings. The Bertz CT molecular complexity index is 833. The number of nitrogens with zero attached hydrogens (tertiary/aromatic N) is 3. The van der Waals surface area contributed by atoms with Gasteiger partial charge < -0.3 is 15.1 Å². The van der Waals surface area contributed by atoms with E-state index < -0.39 is 0 Å². The number of rotatable bonds is 6. The van der Waals surface area contributed by atoms with Crippen LogP contribution in [0.15, 0.2) is 53.5 Å². The number of hydrogen-bond acceptors (Lipinski definition) is 2. The van der Waals surface area contributed by atoms with Crippen LogP contribution in [0.25, 0.3) is 0 Å². The van der Waals surface area contributed by atoms with Crippen LogP contribution in [0.3, 0.4) is 0 Å². The van der Waals surface area contributed by atoms with Crippen LogP contribution in [0.4, 0.5) is 4.39 Å². The summed E-state index contributed by atoms with van der Waals surface area (Å²) < 4.78 is 13.3. The molecule has 0 saturated heterocycles. The van der Waals surface area contributed by atoms with Crippen molar-refractivity contribution in [2.75, 3.05) is 20.6 Å². The van der Waals surface area contributed by atoms with Crippen molar-refractivity contribution in [3.63, 3.8) is 0 Å². The maximum atomic E-state index is 13.3. The minimum absolute atomic E-state index is 0. The number of guanidine groups is 1. The first-order valence-corrected chi connectivity index (χ1v) is 9.57. The molecule has 0 spiro atoms. The average Bonchev–Trinajstić information content (AvgIpc) is 3.12. The van der Waals surface area contributed by atoms with Crippen LogP contribution in [0.1, 0.15) is 29.5 Å². The monoisotopic (exact) mass is 510 g/mol. The van der Waals surface area contributed by atoms with Crippen molar-refractivity contribution < 1.29 is 9.18 Å². The number of halogens is 2. The van der Waals surface area contributed by atoms with Gasteiger partial charge in [-0.05, 0) is 35.2 Å². The Morgan fingerprint density at radius 2 is 1.86 bits per heavy atom. The summed E-state index contributed by atoms with van der Waals surface area (Å²) in [4.78, 5) is 20.6. The molecule has 0 atom stereocenters. The maximum Gasteiger partial charge on any atom is 0.223 e. The highest BCUT2D eigenvalue weighted by molar-refractivity contribution is 14.0. The topological polar surface area (TPSA) is 47.9 Å². The molecule has 0 bridgehead atoms. The number of benzene rings is 2. The van der Waals surface area contributed by atoms with E-state index in [9.17, 15) is 9.18 Å². The molecular weight excluding hydrogens is 482 g/mol. The first-order valence-electron chi connectivity index (χ1n) is 9.57. The molecule has 0 fully saturated rings. The number of carbonyl (C=O) groups excluding carboxylic acids is 1. The summed E-state index contributed by atoms with van der Waals surface area (Å²) in [5.41, 5.74) is 3.37. The Labute approximate surface area is 189 Å². The van der Waals surface area contributed by atoms with Crippen LogP contribution in [-0.4, -0.2) is 42.3 Å². The fourth-order valence-corrected chi connectivity index (χ4v) is 3.48. The summed E-state index contributed by atoms with van der Waals surface area (Å²) >= 11 is 0. The predicted octanol–water partition coefficient (Wildman–Crippen LogP) is 3.77. The molecule has 0 aliphatic carbocycles. The summed E-state index contributed by atoms with van der Waals surface area (Å²) in [5.74, 6) is 0.669. The Morgan fingerprint density at radius 3 is 2.48 bits per heavy atom. The van der Waals surface area contributed by atoms with Crippen molar-refractivity contribution in [3.8, 4) is 0 Å². The number of fused-ring (bicyclic) bond motifs is 1. The van der Waals surface area contributed by atoms with E-state index in [1.54, 1.807) is 13.1 Å². The summed E-state index contributed by atoms with van der Waals surface area (Å²) in [5, 5.41) is 3.28. The molecule has 7 heteroatoms. The van der Waals surface area contributed by atoms with Crippen LogP contribution in [0.5, 0.6) is 0 Å². The smallest absolute Gasteiger partial charge is 0.223 e. The van der Waals surface area contributed by atoms with Crippen molar-refractivity contribution in [1.29, 1.82) is 0 Å². The molecule has 29 heavy (non-hydrogen) atoms. The lowest BCUT2D eigenvalue weighted by molar-refractivity contribution is -0.131. The molecule has 2 aromatic rings. The number of aliphatic imine (C=N–C) groups is 1. The quantitative estimate of drug-likeness (QED) is 0.279. The fourth-order valence-electron chi connectivity index (χ4n) is 3.48. The lowest BCUT2D eigenvalue weighted by atomic mass is 10.1. The molecule has 1 N–H and O–H groups in total. The van der Waals surface area contributed by atoms with Gasteiger partial charge in [-0.25, -0.2) is 4.39 Å². The molecular formula is C22H28FIN4O. The first-order chi connectivity index (χ1) is 13.6. The van der Waals surface area contributed by atoms with Gasteiger partial charge in [0.05, 0.1) is 0 Å². The second-order valence-corrected chi connectivity index (χ2v) is 7.08. The zero-order valence-electron chi connectivity index (χ0n) is 16.9. The molecule has 1 amide bonds. The molecule has 1 heterocycles. The van der Waals surface area contributed by atoms with Gasteiger partial charge in [-0.3, -0.25) is 9.79 Å². The molecule has 0 radical (unpaired) electrons. The standard InChI is InChI=1S/C22H27FN4O.HI/c1-24-22(26(2)14-17-7-5-10-20(23)13-17)25-12-6-11-21(28)27-15-18-8-3-4-9-19(18)16-27;/h3-5,7-10,13H,6,11-12,14-16H2,1-2H3,(H,24,25);1H. The van der Waals surface area contributed by atoms with Crippen LogP contribution in [-0.2, 0) is 24.4 Å². The van der Waals surface area contributed by atoms with E-state index in [4.69, 9.17) is 0 Å². The Hall–Kier alpha value is -2.16. The summed E-state index contributed by atoms with van der Waals surface area (Å²) in [6.07, 6.45) is 1.24. The fraction of sp³-hybridized carbons (Fsp3) is 0.364. The van der Waals surface area contributed by atoms with Gasteiger partial charge in [-0.15, -0.1) is 24.0 Å². The number of nitrogens with one attached hydrogen (secondary N) is 1. The highest BCUT2D eigenvalue weighted by Gasteiger charge is 2.22. The van der Waals surface area contributed by atoms with Gasteiger partial charge in [0.15, 0.2) is 5.96 Å². The highest BCUT2D eigenvalue weighted by atomic mass is 127. The Balaban J connectivity index is 0.00000300. The van der Waals surface area contributed by atoms with Gasteiger partial charge in [-0.2, -0.15) is 0 Å². The van der Waals surface area contributed by atoms with Gasteiger partial charge in [0, 0.05) is 46.7 Å². The van der Waals surface area contributed by atoms with Gasteiger partial charge in [-0.1, -0.05) is 36.4 Å². The van der Waals surface area contributed by atoms with Gasteiger partial charge in [0.2, 0.25) is 5.91 Å². The second-order valence-electron chi connectivity index (χ2n) is 7.08. The Kier molecular flexibility index (Phi) is 8.88. The van der Waals surface area contributed by atoms with Crippen molar-refractivity contribution >= 4 is 35.8 Å². The molecule has 156 valence electrons. The van der Waals surface area contributed by atoms with Gasteiger partial charge in [0.25, 0.3) is 0 Å². The minimum atomic E-state index is -0.239. The SMILES string of the molecule is CN=C(NCCCC(=O)N1Cc2ccccc2C1)N(C)Cc1cccc(F)c1.I. The van der Waals surface area contributed by atoms with Gasteiger partial charge >= 0.3 is 0 Å². The molecule has 0 aromatic heterocycles. The molecule has 0 saturated carbocycles. The van der Waals surface area contributed by atoms with E-state index in [0.717, 1.165) is 17.9 Å². The van der Waals surface area contributed by atoms with Crippen molar-refractivity contribution in [2.24, 2.45) is 4.99 Å². The maximum absolute atomic E-state index is 13.3. The van der Waals surface area contributed by atoms with Crippen LogP contribution in [0.2, 0.25) is 0 Å².